The summed E-state index contributed by atoms with van der Waals surface area (Å²) in [5.41, 5.74) is 1.16. The van der Waals surface area contributed by atoms with Crippen molar-refractivity contribution < 1.29 is 9.90 Å². The second-order valence-electron chi connectivity index (χ2n) is 3.64. The van der Waals surface area contributed by atoms with Crippen LogP contribution in [0.1, 0.15) is 18.9 Å². The zero-order chi connectivity index (χ0) is 11.1. The molecule has 3 heteroatoms. The van der Waals surface area contributed by atoms with Gasteiger partial charge in [-0.05, 0) is 18.9 Å². The van der Waals surface area contributed by atoms with Crippen molar-refractivity contribution in [1.29, 1.82) is 0 Å². The van der Waals surface area contributed by atoms with Crippen LogP contribution in [0.25, 0.3) is 0 Å². The van der Waals surface area contributed by atoms with Crippen molar-refractivity contribution in [3.8, 4) is 0 Å². The lowest BCUT2D eigenvalue weighted by molar-refractivity contribution is -0.121. The molecule has 0 spiro atoms. The Hall–Kier alpha value is -1.35. The van der Waals surface area contributed by atoms with Crippen LogP contribution in [-0.2, 0) is 11.2 Å². The van der Waals surface area contributed by atoms with Gasteiger partial charge in [0.2, 0.25) is 5.91 Å². The molecule has 3 nitrogen and oxygen atoms in total. The zero-order valence-electron chi connectivity index (χ0n) is 8.94. The van der Waals surface area contributed by atoms with Gasteiger partial charge >= 0.3 is 0 Å². The normalized spacial score (nSPS) is 12.1. The molecule has 2 N–H and O–H groups in total. The summed E-state index contributed by atoms with van der Waals surface area (Å²) in [5.74, 6) is -0.0141. The van der Waals surface area contributed by atoms with Gasteiger partial charge in [-0.1, -0.05) is 30.3 Å². The van der Waals surface area contributed by atoms with Gasteiger partial charge in [-0.3, -0.25) is 4.79 Å². The molecule has 15 heavy (non-hydrogen) atoms. The van der Waals surface area contributed by atoms with Gasteiger partial charge in [-0.2, -0.15) is 0 Å². The monoisotopic (exact) mass is 207 g/mol. The summed E-state index contributed by atoms with van der Waals surface area (Å²) in [6.07, 6.45) is 0.731. The number of aliphatic hydroxyl groups excluding tert-OH is 1. The van der Waals surface area contributed by atoms with Gasteiger partial charge in [0.05, 0.1) is 6.10 Å². The molecule has 0 unspecified atom stereocenters. The van der Waals surface area contributed by atoms with Gasteiger partial charge < -0.3 is 10.4 Å². The van der Waals surface area contributed by atoms with E-state index < -0.39 is 6.10 Å². The molecule has 1 rings (SSSR count). The lowest BCUT2D eigenvalue weighted by Gasteiger charge is -2.06. The quantitative estimate of drug-likeness (QED) is 0.760. The maximum Gasteiger partial charge on any atom is 0.220 e. The fourth-order valence-corrected chi connectivity index (χ4v) is 1.25. The third-order valence-corrected chi connectivity index (χ3v) is 2.08. The van der Waals surface area contributed by atoms with Gasteiger partial charge in [-0.25, -0.2) is 0 Å². The summed E-state index contributed by atoms with van der Waals surface area (Å²) in [6, 6.07) is 9.88. The summed E-state index contributed by atoms with van der Waals surface area (Å²) < 4.78 is 0. The number of aliphatic hydroxyl groups is 1. The van der Waals surface area contributed by atoms with E-state index in [2.05, 4.69) is 5.32 Å². The number of nitrogens with one attached hydrogen (secondary N) is 1. The summed E-state index contributed by atoms with van der Waals surface area (Å²) in [5, 5.41) is 11.6. The van der Waals surface area contributed by atoms with Crippen LogP contribution in [0.5, 0.6) is 0 Å². The van der Waals surface area contributed by atoms with Gasteiger partial charge in [0.25, 0.3) is 0 Å². The molecule has 0 radical (unpaired) electrons. The first kappa shape index (κ1) is 11.7. The molecule has 0 saturated heterocycles. The maximum absolute atomic E-state index is 11.3. The Morgan fingerprint density at radius 3 is 2.67 bits per heavy atom. The molecule has 1 atom stereocenters. The number of aryl methyl sites for hydroxylation is 1. The summed E-state index contributed by atoms with van der Waals surface area (Å²) in [6.45, 7) is 1.98. The summed E-state index contributed by atoms with van der Waals surface area (Å²) >= 11 is 0. The van der Waals surface area contributed by atoms with Gasteiger partial charge in [0, 0.05) is 13.0 Å². The SMILES string of the molecule is C[C@@H](O)CNC(=O)CCc1ccccc1. The van der Waals surface area contributed by atoms with E-state index in [1.165, 1.54) is 0 Å². The Kier molecular flexibility index (Phi) is 4.84. The number of hydrogen-bond donors (Lipinski definition) is 2. The first-order valence-corrected chi connectivity index (χ1v) is 5.17. The van der Waals surface area contributed by atoms with Crippen molar-refractivity contribution in [3.05, 3.63) is 35.9 Å². The standard InChI is InChI=1S/C12H17NO2/c1-10(14)9-13-12(15)8-7-11-5-3-2-4-6-11/h2-6,10,14H,7-9H2,1H3,(H,13,15)/t10-/m1/s1. The molecule has 0 fully saturated rings. The minimum absolute atomic E-state index is 0.0141. The molecule has 1 amide bonds. The van der Waals surface area contributed by atoms with E-state index in [0.717, 1.165) is 12.0 Å². The molecule has 0 aliphatic heterocycles. The van der Waals surface area contributed by atoms with Crippen LogP contribution in [0.4, 0.5) is 0 Å². The minimum Gasteiger partial charge on any atom is -0.392 e. The second kappa shape index (κ2) is 6.19. The van der Waals surface area contributed by atoms with Crippen molar-refractivity contribution in [2.45, 2.75) is 25.9 Å². The lowest BCUT2D eigenvalue weighted by Crippen LogP contribution is -2.30. The number of carbonyl (C=O) groups is 1. The van der Waals surface area contributed by atoms with E-state index in [4.69, 9.17) is 5.11 Å². The number of carbonyl (C=O) groups excluding carboxylic acids is 1. The Morgan fingerprint density at radius 1 is 1.40 bits per heavy atom. The molecule has 0 saturated carbocycles. The zero-order valence-corrected chi connectivity index (χ0v) is 8.94. The molecule has 1 aromatic rings. The smallest absolute Gasteiger partial charge is 0.220 e. The van der Waals surface area contributed by atoms with Crippen LogP contribution >= 0.6 is 0 Å². The Labute approximate surface area is 90.1 Å². The fourth-order valence-electron chi connectivity index (χ4n) is 1.25. The second-order valence-corrected chi connectivity index (χ2v) is 3.64. The third kappa shape index (κ3) is 5.18. The molecule has 0 heterocycles. The van der Waals surface area contributed by atoms with Crippen molar-refractivity contribution in [1.82, 2.24) is 5.32 Å². The molecule has 82 valence electrons. The van der Waals surface area contributed by atoms with Crippen molar-refractivity contribution in [2.75, 3.05) is 6.54 Å². The number of amides is 1. The van der Waals surface area contributed by atoms with Crippen LogP contribution in [-0.4, -0.2) is 23.7 Å². The van der Waals surface area contributed by atoms with Crippen molar-refractivity contribution >= 4 is 5.91 Å². The van der Waals surface area contributed by atoms with Crippen molar-refractivity contribution in [2.24, 2.45) is 0 Å². The Morgan fingerprint density at radius 2 is 2.07 bits per heavy atom. The van der Waals surface area contributed by atoms with Crippen LogP contribution in [0.3, 0.4) is 0 Å². The molecule has 1 aromatic carbocycles. The third-order valence-electron chi connectivity index (χ3n) is 2.08. The molecule has 0 aliphatic carbocycles. The van der Waals surface area contributed by atoms with E-state index in [-0.39, 0.29) is 5.91 Å². The molecular formula is C12H17NO2. The van der Waals surface area contributed by atoms with E-state index in [9.17, 15) is 4.79 Å². The first-order chi connectivity index (χ1) is 7.18. The first-order valence-electron chi connectivity index (χ1n) is 5.17. The molecule has 0 aromatic heterocycles. The van der Waals surface area contributed by atoms with E-state index >= 15 is 0 Å². The van der Waals surface area contributed by atoms with Crippen LogP contribution in [0.2, 0.25) is 0 Å². The number of benzene rings is 1. The fraction of sp³-hybridized carbons (Fsp3) is 0.417. The van der Waals surface area contributed by atoms with Crippen LogP contribution in [0.15, 0.2) is 30.3 Å². The van der Waals surface area contributed by atoms with Crippen molar-refractivity contribution in [3.63, 3.8) is 0 Å². The highest BCUT2D eigenvalue weighted by atomic mass is 16.3. The minimum atomic E-state index is -0.481. The summed E-state index contributed by atoms with van der Waals surface area (Å²) in [4.78, 5) is 11.3. The predicted molar refractivity (Wildman–Crippen MR) is 59.5 cm³/mol. The highest BCUT2D eigenvalue weighted by Gasteiger charge is 2.02. The average molecular weight is 207 g/mol. The van der Waals surface area contributed by atoms with Crippen LogP contribution < -0.4 is 5.32 Å². The number of hydrogen-bond acceptors (Lipinski definition) is 2. The molecule has 0 aliphatic rings. The predicted octanol–water partition coefficient (Wildman–Crippen LogP) is 1.12. The average Bonchev–Trinajstić information content (AvgIpc) is 2.25. The van der Waals surface area contributed by atoms with E-state index in [1.807, 2.05) is 30.3 Å². The molecular weight excluding hydrogens is 190 g/mol. The van der Waals surface area contributed by atoms with E-state index in [1.54, 1.807) is 6.92 Å². The topological polar surface area (TPSA) is 49.3 Å². The number of rotatable bonds is 5. The van der Waals surface area contributed by atoms with E-state index in [0.29, 0.717) is 13.0 Å². The highest BCUT2D eigenvalue weighted by Crippen LogP contribution is 2.01. The highest BCUT2D eigenvalue weighted by molar-refractivity contribution is 5.76. The van der Waals surface area contributed by atoms with Gasteiger partial charge in [-0.15, -0.1) is 0 Å². The van der Waals surface area contributed by atoms with Gasteiger partial charge in [0.15, 0.2) is 0 Å². The van der Waals surface area contributed by atoms with Gasteiger partial charge in [0.1, 0.15) is 0 Å². The largest absolute Gasteiger partial charge is 0.392 e. The van der Waals surface area contributed by atoms with Crippen LogP contribution in [0, 0.1) is 0 Å². The lowest BCUT2D eigenvalue weighted by atomic mass is 10.1. The Balaban J connectivity index is 2.23. The maximum atomic E-state index is 11.3. The summed E-state index contributed by atoms with van der Waals surface area (Å²) in [7, 11) is 0. The molecule has 0 bridgehead atoms. The Bertz CT molecular complexity index is 296.